The fourth-order valence-corrected chi connectivity index (χ4v) is 4.83. The van der Waals surface area contributed by atoms with E-state index in [1.54, 1.807) is 11.3 Å². The summed E-state index contributed by atoms with van der Waals surface area (Å²) in [7, 11) is -1.47. The molecule has 0 spiro atoms. The lowest BCUT2D eigenvalue weighted by Gasteiger charge is -2.08. The van der Waals surface area contributed by atoms with Crippen LogP contribution in [-0.4, -0.2) is 17.2 Å². The third-order valence-electron chi connectivity index (χ3n) is 4.68. The van der Waals surface area contributed by atoms with Gasteiger partial charge in [-0.25, -0.2) is 0 Å². The Balaban J connectivity index is 2.11. The zero-order valence-electron chi connectivity index (χ0n) is 12.7. The molecule has 0 aliphatic rings. The predicted molar refractivity (Wildman–Crippen MR) is 104 cm³/mol. The van der Waals surface area contributed by atoms with E-state index in [-0.39, 0.29) is 0 Å². The molecule has 0 bridgehead atoms. The van der Waals surface area contributed by atoms with Gasteiger partial charge in [0, 0.05) is 20.2 Å². The van der Waals surface area contributed by atoms with E-state index in [0.717, 1.165) is 15.5 Å². The standard InChI is InChI=1S/C20H13BO2S/c22-21(23)16-11-18-20(15-8-4-3-7-14(15)16)19-13-6-2-1-5-12(13)9-10-17(19)24-18/h1-11,22-23H. The minimum Gasteiger partial charge on any atom is -0.423 e. The summed E-state index contributed by atoms with van der Waals surface area (Å²) in [6.07, 6.45) is 0. The molecule has 0 fully saturated rings. The zero-order valence-corrected chi connectivity index (χ0v) is 13.5. The van der Waals surface area contributed by atoms with Crippen LogP contribution >= 0.6 is 11.3 Å². The Hall–Kier alpha value is -2.40. The summed E-state index contributed by atoms with van der Waals surface area (Å²) in [6, 6.07) is 22.6. The Kier molecular flexibility index (Phi) is 2.94. The lowest BCUT2D eigenvalue weighted by atomic mass is 9.76. The Bertz CT molecular complexity index is 1240. The molecule has 0 radical (unpaired) electrons. The minimum absolute atomic E-state index is 0.564. The van der Waals surface area contributed by atoms with Gasteiger partial charge in [0.25, 0.3) is 0 Å². The highest BCUT2D eigenvalue weighted by Crippen LogP contribution is 2.41. The van der Waals surface area contributed by atoms with E-state index in [9.17, 15) is 10.0 Å². The van der Waals surface area contributed by atoms with Crippen molar-refractivity contribution in [1.29, 1.82) is 0 Å². The Morgan fingerprint density at radius 2 is 1.33 bits per heavy atom. The van der Waals surface area contributed by atoms with Crippen molar-refractivity contribution in [3.63, 3.8) is 0 Å². The second-order valence-electron chi connectivity index (χ2n) is 6.02. The maximum absolute atomic E-state index is 9.79. The van der Waals surface area contributed by atoms with Crippen molar-refractivity contribution in [2.24, 2.45) is 0 Å². The van der Waals surface area contributed by atoms with Crippen molar-refractivity contribution in [2.75, 3.05) is 0 Å². The molecule has 0 amide bonds. The van der Waals surface area contributed by atoms with Gasteiger partial charge in [-0.05, 0) is 39.1 Å². The molecule has 5 rings (SSSR count). The van der Waals surface area contributed by atoms with Crippen LogP contribution < -0.4 is 5.46 Å². The summed E-state index contributed by atoms with van der Waals surface area (Å²) in [5.74, 6) is 0. The largest absolute Gasteiger partial charge is 0.489 e. The Labute approximate surface area is 142 Å². The van der Waals surface area contributed by atoms with E-state index in [1.807, 2.05) is 24.3 Å². The first kappa shape index (κ1) is 14.0. The summed E-state index contributed by atoms with van der Waals surface area (Å²) < 4.78 is 2.31. The van der Waals surface area contributed by atoms with Crippen LogP contribution in [0.3, 0.4) is 0 Å². The summed E-state index contributed by atoms with van der Waals surface area (Å²) in [4.78, 5) is 0. The SMILES string of the molecule is OB(O)c1cc2sc3ccc4ccccc4c3c2c2ccccc12. The highest BCUT2D eigenvalue weighted by molar-refractivity contribution is 7.26. The van der Waals surface area contributed by atoms with Gasteiger partial charge in [-0.1, -0.05) is 54.6 Å². The molecule has 1 aromatic heterocycles. The summed E-state index contributed by atoms with van der Waals surface area (Å²) in [6.45, 7) is 0. The third-order valence-corrected chi connectivity index (χ3v) is 5.78. The molecule has 4 aromatic carbocycles. The van der Waals surface area contributed by atoms with Crippen LogP contribution in [0.1, 0.15) is 0 Å². The monoisotopic (exact) mass is 328 g/mol. The molecule has 0 saturated carbocycles. The molecule has 2 nitrogen and oxygen atoms in total. The number of fused-ring (bicyclic) bond motifs is 7. The van der Waals surface area contributed by atoms with Crippen LogP contribution in [-0.2, 0) is 0 Å². The Morgan fingerprint density at radius 1 is 0.667 bits per heavy atom. The van der Waals surface area contributed by atoms with Crippen molar-refractivity contribution < 1.29 is 10.0 Å². The molecule has 4 heteroatoms. The van der Waals surface area contributed by atoms with Crippen LogP contribution in [0.5, 0.6) is 0 Å². The summed E-state index contributed by atoms with van der Waals surface area (Å²) in [5.41, 5.74) is 0.564. The molecule has 24 heavy (non-hydrogen) atoms. The number of benzene rings is 4. The van der Waals surface area contributed by atoms with E-state index >= 15 is 0 Å². The lowest BCUT2D eigenvalue weighted by Crippen LogP contribution is -2.30. The molecular formula is C20H13BO2S. The minimum atomic E-state index is -1.47. The molecule has 1 heterocycles. The van der Waals surface area contributed by atoms with Gasteiger partial charge < -0.3 is 10.0 Å². The molecule has 0 aliphatic heterocycles. The van der Waals surface area contributed by atoms with Crippen LogP contribution in [0, 0.1) is 0 Å². The molecular weight excluding hydrogens is 315 g/mol. The van der Waals surface area contributed by atoms with Crippen LogP contribution in [0.15, 0.2) is 66.7 Å². The summed E-state index contributed by atoms with van der Waals surface area (Å²) >= 11 is 1.70. The lowest BCUT2D eigenvalue weighted by molar-refractivity contribution is 0.426. The molecule has 0 unspecified atom stereocenters. The van der Waals surface area contributed by atoms with Gasteiger partial charge in [-0.2, -0.15) is 0 Å². The highest BCUT2D eigenvalue weighted by atomic mass is 32.1. The smallest absolute Gasteiger partial charge is 0.423 e. The van der Waals surface area contributed by atoms with Gasteiger partial charge in [0.05, 0.1) is 0 Å². The fraction of sp³-hybridized carbons (Fsp3) is 0. The van der Waals surface area contributed by atoms with Crippen molar-refractivity contribution in [3.05, 3.63) is 66.7 Å². The van der Waals surface area contributed by atoms with Gasteiger partial charge >= 0.3 is 7.12 Å². The molecule has 0 saturated heterocycles. The van der Waals surface area contributed by atoms with E-state index in [2.05, 4.69) is 42.5 Å². The third kappa shape index (κ3) is 1.85. The highest BCUT2D eigenvalue weighted by Gasteiger charge is 2.19. The van der Waals surface area contributed by atoms with E-state index in [0.29, 0.717) is 5.46 Å². The maximum atomic E-state index is 9.79. The van der Waals surface area contributed by atoms with Gasteiger partial charge in [0.1, 0.15) is 0 Å². The first-order valence-electron chi connectivity index (χ1n) is 7.86. The van der Waals surface area contributed by atoms with Crippen molar-refractivity contribution in [2.45, 2.75) is 0 Å². The van der Waals surface area contributed by atoms with Gasteiger partial charge in [0.2, 0.25) is 0 Å². The summed E-state index contributed by atoms with van der Waals surface area (Å²) in [5, 5.41) is 26.5. The van der Waals surface area contributed by atoms with Crippen molar-refractivity contribution >= 4 is 65.6 Å². The molecule has 5 aromatic rings. The number of hydrogen-bond acceptors (Lipinski definition) is 3. The molecule has 114 valence electrons. The first-order chi connectivity index (χ1) is 11.7. The van der Waals surface area contributed by atoms with E-state index in [4.69, 9.17) is 0 Å². The molecule has 0 atom stereocenters. The predicted octanol–water partition coefficient (Wildman–Crippen LogP) is 4.04. The van der Waals surface area contributed by atoms with Gasteiger partial charge in [-0.15, -0.1) is 11.3 Å². The Morgan fingerprint density at radius 3 is 2.12 bits per heavy atom. The average Bonchev–Trinajstić information content (AvgIpc) is 3.00. The van der Waals surface area contributed by atoms with Crippen LogP contribution in [0.4, 0.5) is 0 Å². The van der Waals surface area contributed by atoms with Gasteiger partial charge in [-0.3, -0.25) is 0 Å². The van der Waals surface area contributed by atoms with Crippen molar-refractivity contribution in [1.82, 2.24) is 0 Å². The average molecular weight is 328 g/mol. The fourth-order valence-electron chi connectivity index (χ4n) is 3.64. The zero-order chi connectivity index (χ0) is 16.3. The maximum Gasteiger partial charge on any atom is 0.489 e. The van der Waals surface area contributed by atoms with Crippen molar-refractivity contribution in [3.8, 4) is 0 Å². The van der Waals surface area contributed by atoms with Gasteiger partial charge in [0.15, 0.2) is 0 Å². The second-order valence-corrected chi connectivity index (χ2v) is 7.10. The number of rotatable bonds is 1. The first-order valence-corrected chi connectivity index (χ1v) is 8.67. The normalized spacial score (nSPS) is 11.8. The van der Waals surface area contributed by atoms with E-state index in [1.165, 1.54) is 26.2 Å². The quantitative estimate of drug-likeness (QED) is 0.456. The topological polar surface area (TPSA) is 40.5 Å². The second kappa shape index (κ2) is 5.05. The molecule has 2 N–H and O–H groups in total. The molecule has 0 aliphatic carbocycles. The number of thiophene rings is 1. The number of hydrogen-bond donors (Lipinski definition) is 2. The van der Waals surface area contributed by atoms with Crippen LogP contribution in [0.25, 0.3) is 41.7 Å². The van der Waals surface area contributed by atoms with E-state index < -0.39 is 7.12 Å². The van der Waals surface area contributed by atoms with Crippen LogP contribution in [0.2, 0.25) is 0 Å².